The van der Waals surface area contributed by atoms with E-state index in [0.29, 0.717) is 5.75 Å². The van der Waals surface area contributed by atoms with Crippen LogP contribution in [0.3, 0.4) is 0 Å². The molecule has 0 saturated carbocycles. The van der Waals surface area contributed by atoms with Crippen molar-refractivity contribution in [2.45, 2.75) is 60.6 Å². The minimum Gasteiger partial charge on any atom is -0.394 e. The fourth-order valence-corrected chi connectivity index (χ4v) is 4.10. The van der Waals surface area contributed by atoms with Gasteiger partial charge in [0.1, 0.15) is 48.2 Å². The number of hydrogen-bond donors (Lipinski definition) is 6. The molecule has 0 aromatic heterocycles. The normalized spacial score (nSPS) is 55.4. The van der Waals surface area contributed by atoms with Crippen LogP contribution in [0.4, 0.5) is 0 Å². The smallest absolute Gasteiger partial charge is 0.187 e. The van der Waals surface area contributed by atoms with Gasteiger partial charge in [-0.2, -0.15) is 0 Å². The molecule has 0 unspecified atom stereocenters. The molecular formula is C12H20O9S. The lowest BCUT2D eigenvalue weighted by atomic mass is 9.98. The van der Waals surface area contributed by atoms with Crippen LogP contribution in [0.1, 0.15) is 0 Å². The molecule has 0 aromatic rings. The van der Waals surface area contributed by atoms with Crippen LogP contribution in [0, 0.1) is 0 Å². The summed E-state index contributed by atoms with van der Waals surface area (Å²) >= 11 is 1.35. The third kappa shape index (κ3) is 2.77. The van der Waals surface area contributed by atoms with E-state index in [9.17, 15) is 25.5 Å². The minimum absolute atomic E-state index is 0.485. The molecule has 3 fully saturated rings. The molecule has 10 atom stereocenters. The number of hydrogen-bond acceptors (Lipinski definition) is 10. The fourth-order valence-electron chi connectivity index (χ4n) is 2.87. The highest BCUT2D eigenvalue weighted by Gasteiger charge is 2.52. The molecule has 2 bridgehead atoms. The van der Waals surface area contributed by atoms with Gasteiger partial charge in [0.05, 0.1) is 12.7 Å². The van der Waals surface area contributed by atoms with Crippen LogP contribution in [0.5, 0.6) is 0 Å². The van der Waals surface area contributed by atoms with Crippen LogP contribution in [0.2, 0.25) is 0 Å². The third-order valence-electron chi connectivity index (χ3n) is 4.21. The number of fused-ring (bicyclic) bond motifs is 2. The van der Waals surface area contributed by atoms with Gasteiger partial charge in [-0.15, -0.1) is 11.8 Å². The molecule has 0 amide bonds. The predicted octanol–water partition coefficient (Wildman–Crippen LogP) is -3.63. The summed E-state index contributed by atoms with van der Waals surface area (Å²) in [6.45, 7) is -0.571. The molecule has 3 saturated heterocycles. The molecule has 128 valence electrons. The maximum atomic E-state index is 10.1. The quantitative estimate of drug-likeness (QED) is 0.304. The number of aliphatic hydroxyl groups excluding tert-OH is 6. The Bertz CT molecular complexity index is 397. The molecule has 3 rings (SSSR count). The lowest BCUT2D eigenvalue weighted by Crippen LogP contribution is -2.62. The Balaban J connectivity index is 1.71. The van der Waals surface area contributed by atoms with Crippen molar-refractivity contribution in [3.05, 3.63) is 0 Å². The molecule has 0 spiro atoms. The lowest BCUT2D eigenvalue weighted by Gasteiger charge is -2.43. The van der Waals surface area contributed by atoms with Crippen molar-refractivity contribution < 1.29 is 44.8 Å². The van der Waals surface area contributed by atoms with Crippen molar-refractivity contribution >= 4 is 11.8 Å². The number of ether oxygens (including phenoxy) is 3. The van der Waals surface area contributed by atoms with Gasteiger partial charge in [-0.25, -0.2) is 0 Å². The Morgan fingerprint density at radius 1 is 0.909 bits per heavy atom. The first-order valence-corrected chi connectivity index (χ1v) is 8.08. The van der Waals surface area contributed by atoms with E-state index in [1.165, 1.54) is 11.8 Å². The van der Waals surface area contributed by atoms with Gasteiger partial charge >= 0.3 is 0 Å². The molecule has 22 heavy (non-hydrogen) atoms. The van der Waals surface area contributed by atoms with Crippen molar-refractivity contribution in [1.29, 1.82) is 0 Å². The highest BCUT2D eigenvalue weighted by Crippen LogP contribution is 2.39. The van der Waals surface area contributed by atoms with Gasteiger partial charge < -0.3 is 44.8 Å². The number of aliphatic hydroxyl groups is 6. The zero-order chi connectivity index (χ0) is 16.0. The summed E-state index contributed by atoms with van der Waals surface area (Å²) in [4.78, 5) is 0. The molecule has 3 aliphatic rings. The average molecular weight is 340 g/mol. The molecular weight excluding hydrogens is 320 g/mol. The lowest BCUT2D eigenvalue weighted by molar-refractivity contribution is -0.334. The van der Waals surface area contributed by atoms with Crippen molar-refractivity contribution in [3.63, 3.8) is 0 Å². The topological polar surface area (TPSA) is 149 Å². The second kappa shape index (κ2) is 6.48. The van der Waals surface area contributed by atoms with Gasteiger partial charge in [0.2, 0.25) is 0 Å². The van der Waals surface area contributed by atoms with Gasteiger partial charge in [-0.3, -0.25) is 0 Å². The summed E-state index contributed by atoms with van der Waals surface area (Å²) < 4.78 is 16.2. The Morgan fingerprint density at radius 2 is 1.64 bits per heavy atom. The first kappa shape index (κ1) is 16.8. The maximum Gasteiger partial charge on any atom is 0.187 e. The predicted molar refractivity (Wildman–Crippen MR) is 71.8 cm³/mol. The molecule has 3 heterocycles. The fraction of sp³-hybridized carbons (Fsp3) is 1.00. The number of rotatable bonds is 3. The van der Waals surface area contributed by atoms with Crippen LogP contribution >= 0.6 is 11.8 Å². The summed E-state index contributed by atoms with van der Waals surface area (Å²) in [7, 11) is 0. The second-order valence-electron chi connectivity index (χ2n) is 5.66. The van der Waals surface area contributed by atoms with E-state index in [1.807, 2.05) is 0 Å². The zero-order valence-corrected chi connectivity index (χ0v) is 12.3. The summed E-state index contributed by atoms with van der Waals surface area (Å²) in [5.41, 5.74) is -0.519. The summed E-state index contributed by atoms with van der Waals surface area (Å²) in [6, 6.07) is 0. The highest BCUT2D eigenvalue weighted by atomic mass is 32.2. The standard InChI is InChI=1S/C12H20O9S/c13-1-3-5(14)6(15)8(17)11(19-3)21-10-4-2-22-12(20-4)9(18)7(10)16/h3-18H,1-2H2/t3-,4+,5+,6+,7+,8+,9-,10+,11+,12-/m0/s1. The molecule has 10 heteroatoms. The summed E-state index contributed by atoms with van der Waals surface area (Å²) in [5.74, 6) is 0.501. The molecule has 3 aliphatic heterocycles. The van der Waals surface area contributed by atoms with Gasteiger partial charge in [0.15, 0.2) is 6.29 Å². The Kier molecular flexibility index (Phi) is 4.95. The van der Waals surface area contributed by atoms with E-state index in [2.05, 4.69) is 0 Å². The van der Waals surface area contributed by atoms with Gasteiger partial charge in [0.25, 0.3) is 0 Å². The van der Waals surface area contributed by atoms with E-state index < -0.39 is 67.2 Å². The summed E-state index contributed by atoms with van der Waals surface area (Å²) in [5, 5.41) is 58.5. The number of thioether (sulfide) groups is 1. The van der Waals surface area contributed by atoms with Crippen molar-refractivity contribution in [3.8, 4) is 0 Å². The first-order chi connectivity index (χ1) is 10.4. The minimum atomic E-state index is -1.56. The van der Waals surface area contributed by atoms with Crippen LogP contribution in [0.25, 0.3) is 0 Å². The van der Waals surface area contributed by atoms with Crippen molar-refractivity contribution in [2.75, 3.05) is 12.4 Å². The van der Waals surface area contributed by atoms with E-state index in [1.54, 1.807) is 0 Å². The van der Waals surface area contributed by atoms with Gasteiger partial charge in [0, 0.05) is 5.75 Å². The van der Waals surface area contributed by atoms with Crippen molar-refractivity contribution in [2.24, 2.45) is 0 Å². The van der Waals surface area contributed by atoms with E-state index >= 15 is 0 Å². The molecule has 0 radical (unpaired) electrons. The van der Waals surface area contributed by atoms with Crippen LogP contribution < -0.4 is 0 Å². The molecule has 6 N–H and O–H groups in total. The molecule has 9 nitrogen and oxygen atoms in total. The van der Waals surface area contributed by atoms with E-state index in [0.717, 1.165) is 0 Å². The maximum absolute atomic E-state index is 10.1. The second-order valence-corrected chi connectivity index (χ2v) is 6.79. The Morgan fingerprint density at radius 3 is 2.32 bits per heavy atom. The molecule has 0 aliphatic carbocycles. The zero-order valence-electron chi connectivity index (χ0n) is 11.5. The highest BCUT2D eigenvalue weighted by molar-refractivity contribution is 8.00. The monoisotopic (exact) mass is 340 g/mol. The Hall–Kier alpha value is -0.0100. The van der Waals surface area contributed by atoms with Crippen molar-refractivity contribution in [1.82, 2.24) is 0 Å². The van der Waals surface area contributed by atoms with Gasteiger partial charge in [-0.05, 0) is 0 Å². The first-order valence-electron chi connectivity index (χ1n) is 7.03. The SMILES string of the molecule is OC[C@@H]1O[C@H](O[C@H]2[C@H](O)[C@H](O)[C@H]3O[C@@H]2CS3)[C@H](O)[C@H](O)[C@@H]1O. The van der Waals surface area contributed by atoms with Gasteiger partial charge in [-0.1, -0.05) is 0 Å². The van der Waals surface area contributed by atoms with E-state index in [-0.39, 0.29) is 0 Å². The average Bonchev–Trinajstić information content (AvgIpc) is 2.96. The third-order valence-corrected chi connectivity index (χ3v) is 5.44. The Labute approximate surface area is 130 Å². The van der Waals surface area contributed by atoms with Crippen LogP contribution in [-0.4, -0.2) is 104 Å². The van der Waals surface area contributed by atoms with Crippen LogP contribution in [-0.2, 0) is 14.2 Å². The van der Waals surface area contributed by atoms with E-state index in [4.69, 9.17) is 19.3 Å². The largest absolute Gasteiger partial charge is 0.394 e. The van der Waals surface area contributed by atoms with Crippen LogP contribution in [0.15, 0.2) is 0 Å². The molecule has 0 aromatic carbocycles. The summed E-state index contributed by atoms with van der Waals surface area (Å²) in [6.07, 6.45) is -10.9.